The molecule has 1 fully saturated rings. The molecule has 0 aromatic carbocycles. The van der Waals surface area contributed by atoms with Crippen LogP contribution in [0.1, 0.15) is 20.3 Å². The van der Waals surface area contributed by atoms with Gasteiger partial charge in [-0.3, -0.25) is 10.6 Å². The van der Waals surface area contributed by atoms with Crippen molar-refractivity contribution < 1.29 is 0 Å². The summed E-state index contributed by atoms with van der Waals surface area (Å²) in [7, 11) is 0. The average molecular weight is 127 g/mol. The Hall–Kier alpha value is -0.0800. The van der Waals surface area contributed by atoms with E-state index < -0.39 is 0 Å². The van der Waals surface area contributed by atoms with E-state index in [1.165, 1.54) is 6.42 Å². The molecular formula is C7H15N2. The lowest BCUT2D eigenvalue weighted by Gasteiger charge is -2.10. The lowest BCUT2D eigenvalue weighted by atomic mass is 10.1. The van der Waals surface area contributed by atoms with Gasteiger partial charge >= 0.3 is 0 Å². The molecule has 1 rings (SSSR count). The van der Waals surface area contributed by atoms with Crippen molar-refractivity contribution in [3.8, 4) is 0 Å². The van der Waals surface area contributed by atoms with Crippen molar-refractivity contribution in [3.63, 3.8) is 0 Å². The van der Waals surface area contributed by atoms with Gasteiger partial charge in [-0.15, -0.1) is 0 Å². The largest absolute Gasteiger partial charge is 0.298 e. The van der Waals surface area contributed by atoms with Crippen molar-refractivity contribution in [2.75, 3.05) is 6.54 Å². The summed E-state index contributed by atoms with van der Waals surface area (Å²) in [5, 5.41) is 6.39. The Bertz CT molecular complexity index is 75.0. The normalized spacial score (nSPS) is 27.7. The Morgan fingerprint density at radius 3 is 2.89 bits per heavy atom. The molecule has 9 heavy (non-hydrogen) atoms. The van der Waals surface area contributed by atoms with E-state index in [0.717, 1.165) is 12.5 Å². The maximum absolute atomic E-state index is 3.25. The molecule has 0 aliphatic carbocycles. The van der Waals surface area contributed by atoms with E-state index in [4.69, 9.17) is 0 Å². The zero-order valence-corrected chi connectivity index (χ0v) is 6.15. The average Bonchev–Trinajstić information content (AvgIpc) is 2.15. The van der Waals surface area contributed by atoms with Crippen LogP contribution in [0.5, 0.6) is 0 Å². The minimum Gasteiger partial charge on any atom is -0.298 e. The van der Waals surface area contributed by atoms with Gasteiger partial charge in [0.05, 0.1) is 6.67 Å². The van der Waals surface area contributed by atoms with Crippen LogP contribution in [-0.2, 0) is 0 Å². The standard InChI is InChI=1S/C7H15N2/c1-6(2)3-7-4-8-5-9-7/h5-9H,3-4H2,1-2H3. The minimum absolute atomic E-state index is 0.671. The highest BCUT2D eigenvalue weighted by Gasteiger charge is 2.13. The molecule has 0 aromatic rings. The molecule has 1 unspecified atom stereocenters. The summed E-state index contributed by atoms with van der Waals surface area (Å²) in [6, 6.07) is 0.671. The van der Waals surface area contributed by atoms with Crippen molar-refractivity contribution in [1.29, 1.82) is 0 Å². The smallest absolute Gasteiger partial charge is 0.0869 e. The predicted octanol–water partition coefficient (Wildman–Crippen LogP) is 0.713. The minimum atomic E-state index is 0.671. The van der Waals surface area contributed by atoms with Crippen molar-refractivity contribution in [2.45, 2.75) is 26.3 Å². The van der Waals surface area contributed by atoms with Crippen molar-refractivity contribution in [1.82, 2.24) is 10.6 Å². The molecule has 1 aliphatic heterocycles. The molecule has 2 N–H and O–H groups in total. The van der Waals surface area contributed by atoms with Crippen molar-refractivity contribution in [3.05, 3.63) is 6.67 Å². The van der Waals surface area contributed by atoms with Gasteiger partial charge in [-0.1, -0.05) is 13.8 Å². The van der Waals surface area contributed by atoms with Gasteiger partial charge in [-0.05, 0) is 12.3 Å². The maximum Gasteiger partial charge on any atom is 0.0869 e. The Morgan fingerprint density at radius 2 is 2.44 bits per heavy atom. The van der Waals surface area contributed by atoms with Crippen LogP contribution in [0, 0.1) is 12.6 Å². The fourth-order valence-electron chi connectivity index (χ4n) is 1.16. The van der Waals surface area contributed by atoms with Crippen molar-refractivity contribution in [2.24, 2.45) is 5.92 Å². The number of rotatable bonds is 2. The fraction of sp³-hybridized carbons (Fsp3) is 0.857. The van der Waals surface area contributed by atoms with Crippen LogP contribution in [0.3, 0.4) is 0 Å². The van der Waals surface area contributed by atoms with Crippen LogP contribution >= 0.6 is 0 Å². The van der Waals surface area contributed by atoms with Crippen molar-refractivity contribution >= 4 is 0 Å². The van der Waals surface area contributed by atoms with Crippen LogP contribution < -0.4 is 10.6 Å². The second-order valence-electron chi connectivity index (χ2n) is 3.05. The topological polar surface area (TPSA) is 24.1 Å². The van der Waals surface area contributed by atoms with E-state index in [1.807, 2.05) is 6.67 Å². The van der Waals surface area contributed by atoms with E-state index in [9.17, 15) is 0 Å². The Kier molecular flexibility index (Phi) is 2.49. The molecule has 1 radical (unpaired) electrons. The summed E-state index contributed by atoms with van der Waals surface area (Å²) in [5.41, 5.74) is 0. The van der Waals surface area contributed by atoms with E-state index in [0.29, 0.717) is 6.04 Å². The molecule has 1 aliphatic rings. The van der Waals surface area contributed by atoms with Crippen LogP contribution in [-0.4, -0.2) is 12.6 Å². The second kappa shape index (κ2) is 3.18. The van der Waals surface area contributed by atoms with Gasteiger partial charge in [-0.2, -0.15) is 0 Å². The first-order valence-electron chi connectivity index (χ1n) is 3.60. The molecule has 0 aromatic heterocycles. The molecule has 1 heterocycles. The van der Waals surface area contributed by atoms with Gasteiger partial charge in [0, 0.05) is 12.6 Å². The van der Waals surface area contributed by atoms with Crippen LogP contribution in [0.4, 0.5) is 0 Å². The second-order valence-corrected chi connectivity index (χ2v) is 3.05. The van der Waals surface area contributed by atoms with Gasteiger partial charge in [0.1, 0.15) is 0 Å². The van der Waals surface area contributed by atoms with Gasteiger partial charge in [0.2, 0.25) is 0 Å². The molecule has 0 saturated carbocycles. The summed E-state index contributed by atoms with van der Waals surface area (Å²) in [6.07, 6.45) is 1.27. The first kappa shape index (κ1) is 7.03. The van der Waals surface area contributed by atoms with E-state index >= 15 is 0 Å². The van der Waals surface area contributed by atoms with E-state index in [1.54, 1.807) is 0 Å². The molecule has 2 heteroatoms. The summed E-state index contributed by atoms with van der Waals surface area (Å²) >= 11 is 0. The lowest BCUT2D eigenvalue weighted by Crippen LogP contribution is -2.23. The zero-order valence-electron chi connectivity index (χ0n) is 6.15. The van der Waals surface area contributed by atoms with Crippen LogP contribution in [0.15, 0.2) is 0 Å². The molecule has 0 bridgehead atoms. The highest BCUT2D eigenvalue weighted by Crippen LogP contribution is 2.05. The number of hydrogen-bond donors (Lipinski definition) is 2. The number of nitrogens with one attached hydrogen (secondary N) is 2. The molecular weight excluding hydrogens is 112 g/mol. The van der Waals surface area contributed by atoms with E-state index in [2.05, 4.69) is 24.5 Å². The van der Waals surface area contributed by atoms with Crippen LogP contribution in [0.25, 0.3) is 0 Å². The summed E-state index contributed by atoms with van der Waals surface area (Å²) in [5.74, 6) is 0.802. The molecule has 1 saturated heterocycles. The summed E-state index contributed by atoms with van der Waals surface area (Å²) in [6.45, 7) is 7.53. The zero-order chi connectivity index (χ0) is 6.69. The van der Waals surface area contributed by atoms with Gasteiger partial charge in [0.15, 0.2) is 0 Å². The Balaban J connectivity index is 2.11. The molecule has 1 atom stereocenters. The third-order valence-corrected chi connectivity index (χ3v) is 1.54. The third-order valence-electron chi connectivity index (χ3n) is 1.54. The summed E-state index contributed by atoms with van der Waals surface area (Å²) in [4.78, 5) is 0. The van der Waals surface area contributed by atoms with Gasteiger partial charge in [-0.25, -0.2) is 0 Å². The van der Waals surface area contributed by atoms with Crippen LogP contribution in [0.2, 0.25) is 0 Å². The first-order valence-corrected chi connectivity index (χ1v) is 3.60. The Labute approximate surface area is 57.0 Å². The fourth-order valence-corrected chi connectivity index (χ4v) is 1.16. The first-order chi connectivity index (χ1) is 4.29. The Morgan fingerprint density at radius 1 is 1.67 bits per heavy atom. The molecule has 0 spiro atoms. The predicted molar refractivity (Wildman–Crippen MR) is 38.7 cm³/mol. The third kappa shape index (κ3) is 2.33. The monoisotopic (exact) mass is 127 g/mol. The number of hydrogen-bond acceptors (Lipinski definition) is 2. The highest BCUT2D eigenvalue weighted by atomic mass is 15.2. The maximum atomic E-state index is 3.25. The lowest BCUT2D eigenvalue weighted by molar-refractivity contribution is 0.483. The molecule has 2 nitrogen and oxygen atoms in total. The SMILES string of the molecule is CC(C)CC1CN[CH]N1. The van der Waals surface area contributed by atoms with Gasteiger partial charge in [0.25, 0.3) is 0 Å². The van der Waals surface area contributed by atoms with E-state index in [-0.39, 0.29) is 0 Å². The molecule has 53 valence electrons. The quantitative estimate of drug-likeness (QED) is 0.571. The summed E-state index contributed by atoms with van der Waals surface area (Å²) < 4.78 is 0. The highest BCUT2D eigenvalue weighted by molar-refractivity contribution is 4.82. The van der Waals surface area contributed by atoms with Gasteiger partial charge < -0.3 is 0 Å². The molecule has 0 amide bonds.